The summed E-state index contributed by atoms with van der Waals surface area (Å²) in [6.45, 7) is 1.81. The highest BCUT2D eigenvalue weighted by molar-refractivity contribution is 6.30. The lowest BCUT2D eigenvalue weighted by Crippen LogP contribution is -2.19. The summed E-state index contributed by atoms with van der Waals surface area (Å²) in [6.07, 6.45) is 0.369. The molecule has 0 radical (unpaired) electrons. The Hall–Kier alpha value is -2.79. The van der Waals surface area contributed by atoms with Crippen molar-refractivity contribution in [1.29, 1.82) is 0 Å². The Morgan fingerprint density at radius 1 is 1.15 bits per heavy atom. The van der Waals surface area contributed by atoms with Crippen LogP contribution in [0.15, 0.2) is 51.7 Å². The number of ether oxygens (including phenoxy) is 2. The molecule has 0 unspecified atom stereocenters. The Kier molecular flexibility index (Phi) is 5.51. The monoisotopic (exact) mass is 386 g/mol. The van der Waals surface area contributed by atoms with Gasteiger partial charge in [0, 0.05) is 22.0 Å². The van der Waals surface area contributed by atoms with E-state index in [1.807, 2.05) is 12.1 Å². The minimum Gasteiger partial charge on any atom is -0.496 e. The van der Waals surface area contributed by atoms with Crippen molar-refractivity contribution in [3.05, 3.63) is 74.6 Å². The number of benzene rings is 2. The molecule has 0 N–H and O–H groups in total. The van der Waals surface area contributed by atoms with E-state index in [1.165, 1.54) is 13.2 Å². The Balaban J connectivity index is 2.18. The molecule has 3 rings (SSSR count). The molecule has 27 heavy (non-hydrogen) atoms. The third kappa shape index (κ3) is 3.83. The minimum absolute atomic E-state index is 0.369. The number of methoxy groups -OCH3 is 2. The fourth-order valence-corrected chi connectivity index (χ4v) is 3.32. The van der Waals surface area contributed by atoms with Crippen LogP contribution in [0.4, 0.5) is 0 Å². The summed E-state index contributed by atoms with van der Waals surface area (Å²) in [6, 6.07) is 12.1. The maximum Gasteiger partial charge on any atom is 0.336 e. The molecular formula is C21H19ClO5. The SMILES string of the molecule is COC(=O)[C@H](Cc1ccc(Cl)cc1)c1cc(=O)oc2c(C)c(OC)ccc12. The maximum atomic E-state index is 12.5. The van der Waals surface area contributed by atoms with Gasteiger partial charge in [-0.3, -0.25) is 4.79 Å². The van der Waals surface area contributed by atoms with E-state index in [2.05, 4.69) is 0 Å². The van der Waals surface area contributed by atoms with Gasteiger partial charge in [-0.2, -0.15) is 0 Å². The van der Waals surface area contributed by atoms with Crippen molar-refractivity contribution in [2.24, 2.45) is 0 Å². The number of carbonyl (C=O) groups is 1. The van der Waals surface area contributed by atoms with E-state index in [0.29, 0.717) is 39.3 Å². The third-order valence-corrected chi connectivity index (χ3v) is 4.83. The number of rotatable bonds is 5. The van der Waals surface area contributed by atoms with E-state index < -0.39 is 17.5 Å². The average molecular weight is 387 g/mol. The van der Waals surface area contributed by atoms with Gasteiger partial charge in [-0.1, -0.05) is 23.7 Å². The van der Waals surface area contributed by atoms with E-state index in [1.54, 1.807) is 38.3 Å². The summed E-state index contributed by atoms with van der Waals surface area (Å²) < 4.78 is 15.7. The van der Waals surface area contributed by atoms with Gasteiger partial charge in [0.05, 0.1) is 20.1 Å². The number of hydrogen-bond donors (Lipinski definition) is 0. The molecule has 1 heterocycles. The van der Waals surface area contributed by atoms with Crippen LogP contribution >= 0.6 is 11.6 Å². The van der Waals surface area contributed by atoms with Crippen LogP contribution in [0, 0.1) is 6.92 Å². The van der Waals surface area contributed by atoms with E-state index >= 15 is 0 Å². The molecule has 2 aromatic carbocycles. The van der Waals surface area contributed by atoms with Crippen LogP contribution in [0.5, 0.6) is 5.75 Å². The van der Waals surface area contributed by atoms with Crippen molar-refractivity contribution in [2.75, 3.05) is 14.2 Å². The van der Waals surface area contributed by atoms with Crippen LogP contribution in [-0.4, -0.2) is 20.2 Å². The largest absolute Gasteiger partial charge is 0.496 e. The molecule has 1 aromatic heterocycles. The van der Waals surface area contributed by atoms with Gasteiger partial charge >= 0.3 is 11.6 Å². The highest BCUT2D eigenvalue weighted by Gasteiger charge is 2.26. The third-order valence-electron chi connectivity index (χ3n) is 4.58. The number of esters is 1. The first kappa shape index (κ1) is 19.0. The van der Waals surface area contributed by atoms with Crippen molar-refractivity contribution in [2.45, 2.75) is 19.3 Å². The lowest BCUT2D eigenvalue weighted by atomic mass is 9.89. The van der Waals surface area contributed by atoms with Crippen LogP contribution in [0.25, 0.3) is 11.0 Å². The second kappa shape index (κ2) is 7.84. The predicted octanol–water partition coefficient (Wildman–Crippen LogP) is 4.26. The summed E-state index contributed by atoms with van der Waals surface area (Å²) in [5, 5.41) is 1.29. The molecular weight excluding hydrogens is 368 g/mol. The summed E-state index contributed by atoms with van der Waals surface area (Å²) >= 11 is 5.94. The highest BCUT2D eigenvalue weighted by atomic mass is 35.5. The second-order valence-electron chi connectivity index (χ2n) is 6.20. The van der Waals surface area contributed by atoms with Crippen molar-refractivity contribution < 1.29 is 18.7 Å². The van der Waals surface area contributed by atoms with Crippen molar-refractivity contribution in [3.8, 4) is 5.75 Å². The van der Waals surface area contributed by atoms with Crippen LogP contribution < -0.4 is 10.4 Å². The zero-order valence-electron chi connectivity index (χ0n) is 15.2. The second-order valence-corrected chi connectivity index (χ2v) is 6.63. The lowest BCUT2D eigenvalue weighted by molar-refractivity contribution is -0.142. The average Bonchev–Trinajstić information content (AvgIpc) is 2.67. The van der Waals surface area contributed by atoms with Crippen LogP contribution in [-0.2, 0) is 16.0 Å². The first-order valence-corrected chi connectivity index (χ1v) is 8.76. The molecule has 0 aliphatic heterocycles. The molecule has 0 saturated carbocycles. The topological polar surface area (TPSA) is 65.7 Å². The standard InChI is InChI=1S/C21H19ClO5/c1-12-18(25-2)9-8-15-16(11-19(23)27-20(12)15)17(21(24)26-3)10-13-4-6-14(22)7-5-13/h4-9,11,17H,10H2,1-3H3/t17-/m1/s1. The van der Waals surface area contributed by atoms with Crippen LogP contribution in [0.3, 0.4) is 0 Å². The number of halogens is 1. The molecule has 5 nitrogen and oxygen atoms in total. The first-order chi connectivity index (χ1) is 12.9. The van der Waals surface area contributed by atoms with Crippen LogP contribution in [0.1, 0.15) is 22.6 Å². The molecule has 0 spiro atoms. The maximum absolute atomic E-state index is 12.5. The predicted molar refractivity (Wildman–Crippen MR) is 104 cm³/mol. The van der Waals surface area contributed by atoms with Gasteiger partial charge in [-0.25, -0.2) is 4.79 Å². The van der Waals surface area contributed by atoms with E-state index in [4.69, 9.17) is 25.5 Å². The summed E-state index contributed by atoms with van der Waals surface area (Å²) in [4.78, 5) is 24.7. The molecule has 3 aromatic rings. The number of aryl methyl sites for hydroxylation is 1. The van der Waals surface area contributed by atoms with Crippen molar-refractivity contribution in [1.82, 2.24) is 0 Å². The van der Waals surface area contributed by atoms with Gasteiger partial charge in [-0.05, 0) is 48.7 Å². The quantitative estimate of drug-likeness (QED) is 0.484. The van der Waals surface area contributed by atoms with Gasteiger partial charge < -0.3 is 13.9 Å². The molecule has 0 fully saturated rings. The van der Waals surface area contributed by atoms with Gasteiger partial charge in [-0.15, -0.1) is 0 Å². The van der Waals surface area contributed by atoms with Gasteiger partial charge in [0.1, 0.15) is 11.3 Å². The molecule has 1 atom stereocenters. The molecule has 0 bridgehead atoms. The fraction of sp³-hybridized carbons (Fsp3) is 0.238. The molecule has 0 saturated heterocycles. The van der Waals surface area contributed by atoms with Gasteiger partial charge in [0.15, 0.2) is 0 Å². The Morgan fingerprint density at radius 2 is 1.85 bits per heavy atom. The highest BCUT2D eigenvalue weighted by Crippen LogP contribution is 2.33. The Bertz CT molecular complexity index is 1040. The summed E-state index contributed by atoms with van der Waals surface area (Å²) in [5.41, 5.74) is 2.04. The van der Waals surface area contributed by atoms with Crippen molar-refractivity contribution >= 4 is 28.5 Å². The number of fused-ring (bicyclic) bond motifs is 1. The molecule has 140 valence electrons. The van der Waals surface area contributed by atoms with E-state index in [-0.39, 0.29) is 0 Å². The van der Waals surface area contributed by atoms with E-state index in [9.17, 15) is 9.59 Å². The minimum atomic E-state index is -0.657. The normalized spacial score (nSPS) is 12.0. The fourth-order valence-electron chi connectivity index (χ4n) is 3.20. The van der Waals surface area contributed by atoms with Crippen LogP contribution in [0.2, 0.25) is 5.02 Å². The first-order valence-electron chi connectivity index (χ1n) is 8.38. The molecule has 0 aliphatic rings. The Labute approximate surface area is 161 Å². The zero-order valence-corrected chi connectivity index (χ0v) is 16.0. The Morgan fingerprint density at radius 3 is 2.48 bits per heavy atom. The van der Waals surface area contributed by atoms with Crippen molar-refractivity contribution in [3.63, 3.8) is 0 Å². The molecule has 0 amide bonds. The summed E-state index contributed by atoms with van der Waals surface area (Å²) in [7, 11) is 2.88. The molecule has 6 heteroatoms. The zero-order chi connectivity index (χ0) is 19.6. The number of hydrogen-bond acceptors (Lipinski definition) is 5. The molecule has 0 aliphatic carbocycles. The summed E-state index contributed by atoms with van der Waals surface area (Å²) in [5.74, 6) is -0.476. The van der Waals surface area contributed by atoms with Gasteiger partial charge in [0.2, 0.25) is 0 Å². The lowest BCUT2D eigenvalue weighted by Gasteiger charge is -2.18. The van der Waals surface area contributed by atoms with E-state index in [0.717, 1.165) is 5.56 Å². The van der Waals surface area contributed by atoms with Gasteiger partial charge in [0.25, 0.3) is 0 Å². The smallest absolute Gasteiger partial charge is 0.336 e. The number of carbonyl (C=O) groups excluding carboxylic acids is 1.